The monoisotopic (exact) mass is 1350 g/mol. The van der Waals surface area contributed by atoms with Gasteiger partial charge < -0.3 is 33.4 Å². The van der Waals surface area contributed by atoms with Gasteiger partial charge in [-0.25, -0.2) is 9.13 Å². The summed E-state index contributed by atoms with van der Waals surface area (Å²) in [5, 5.41) is 0. The van der Waals surface area contributed by atoms with E-state index in [1.165, 1.54) is 6.66 Å². The second-order valence-electron chi connectivity index (χ2n) is 24.7. The van der Waals surface area contributed by atoms with Crippen molar-refractivity contribution in [1.82, 2.24) is 0 Å². The van der Waals surface area contributed by atoms with Gasteiger partial charge >= 0.3 is 82.9 Å². The van der Waals surface area contributed by atoms with Crippen molar-refractivity contribution in [3.05, 3.63) is 0 Å². The summed E-state index contributed by atoms with van der Waals surface area (Å²) < 4.78 is 114. The molecule has 0 unspecified atom stereocenters. The Hall–Kier alpha value is 3.70. The molecule has 0 atom stereocenters. The van der Waals surface area contributed by atoms with Crippen LogP contribution in [0.15, 0.2) is 0 Å². The minimum atomic E-state index is -4.19. The summed E-state index contributed by atoms with van der Waals surface area (Å²) in [6.45, 7) is 54.4. The van der Waals surface area contributed by atoms with Crippen LogP contribution in [0.1, 0.15) is 208 Å². The Morgan fingerprint density at radius 3 is 0.806 bits per heavy atom. The molecule has 0 bridgehead atoms. The maximum absolute atomic E-state index is 12.1. The molecule has 0 heterocycles. The van der Waals surface area contributed by atoms with E-state index in [0.717, 1.165) is 0 Å². The molecule has 0 aromatic heterocycles. The van der Waals surface area contributed by atoms with Gasteiger partial charge in [0.05, 0.1) is 48.7 Å². The SMILES string of the molecule is CC(C)(C)OP(=O)(O)OC(C)(C)C.CC(C)(C)OP(=O)(OCCl)OC(C)(C)C.CC(C)(C)OP(=O)([O-])OC(C)(C)C.CC(C)(C)OP(C)(=O)OC(C)(C)C.CC(C)(C)O[P+](=O)OC(C)(C)C.Cl.ClCI.O.[K+]. The minimum Gasteiger partial charge on any atom is -0.756 e. The maximum Gasteiger partial charge on any atom is 1.00 e. The molecule has 29 heteroatoms. The predicted molar refractivity (Wildman–Crippen MR) is 302 cm³/mol. The molecular formula is C43H101Cl3IKO19P5+. The van der Waals surface area contributed by atoms with Crippen LogP contribution in [-0.2, 0) is 72.6 Å². The Labute approximate surface area is 511 Å². The maximum atomic E-state index is 12.1. The standard InChI is InChI=1S/C9H20ClO4P.C9H21O3P.2C8H19O4P.C8H18O3P.CH2ClI.ClH.K.H2O/c1-8(2,3)13-15(11,12-7-10)14-9(4,5)6;1-8(2,3)11-13(7,10)12-9(4,5)6;2*1-7(2,3)11-13(9,10)12-8(4,5)6;1-7(2,3)10-12(9)11-8(4,5)6;2-1-3;;;/h7H2,1-6H3;1-7H3;2*1-6H3,(H,9,10);1-6H3;1H2;1H;;1H2/q;;;;+1;;;+1;/p-1. The fourth-order valence-corrected chi connectivity index (χ4v) is 11.4. The van der Waals surface area contributed by atoms with Crippen molar-refractivity contribution >= 4 is 97.5 Å². The van der Waals surface area contributed by atoms with E-state index in [4.69, 9.17) is 73.0 Å². The zero-order valence-corrected chi connectivity index (χ0v) is 62.2. The van der Waals surface area contributed by atoms with Gasteiger partial charge in [0.25, 0.3) is 7.82 Å². The van der Waals surface area contributed by atoms with E-state index in [0.29, 0.717) is 3.89 Å². The van der Waals surface area contributed by atoms with Gasteiger partial charge in [-0.15, -0.1) is 33.1 Å². The smallest absolute Gasteiger partial charge is 0.756 e. The third kappa shape index (κ3) is 90.2. The van der Waals surface area contributed by atoms with Crippen LogP contribution in [0.25, 0.3) is 0 Å². The van der Waals surface area contributed by atoms with Crippen LogP contribution in [0, 0.1) is 0 Å². The third-order valence-corrected chi connectivity index (χ3v) is 12.6. The van der Waals surface area contributed by atoms with Crippen molar-refractivity contribution in [2.45, 2.75) is 264 Å². The molecule has 440 valence electrons. The molecule has 0 saturated heterocycles. The van der Waals surface area contributed by atoms with Crippen LogP contribution >= 0.6 is 97.5 Å². The molecule has 19 nitrogen and oxygen atoms in total. The van der Waals surface area contributed by atoms with Gasteiger partial charge in [0, 0.05) is 11.2 Å². The summed E-state index contributed by atoms with van der Waals surface area (Å²) in [7, 11) is -16.7. The van der Waals surface area contributed by atoms with E-state index >= 15 is 0 Å². The minimum absolute atomic E-state index is 0. The van der Waals surface area contributed by atoms with Gasteiger partial charge in [-0.1, -0.05) is 34.2 Å². The number of hydrogen-bond acceptors (Lipinski definition) is 17. The van der Waals surface area contributed by atoms with Crippen LogP contribution in [0.2, 0.25) is 0 Å². The predicted octanol–water partition coefficient (Wildman–Crippen LogP) is 13.7. The molecule has 0 aromatic rings. The van der Waals surface area contributed by atoms with E-state index in [2.05, 4.69) is 22.6 Å². The average molecular weight is 1350 g/mol. The van der Waals surface area contributed by atoms with Gasteiger partial charge in [0.1, 0.15) is 17.3 Å². The van der Waals surface area contributed by atoms with Crippen LogP contribution in [0.3, 0.4) is 0 Å². The van der Waals surface area contributed by atoms with E-state index in [9.17, 15) is 32.6 Å². The van der Waals surface area contributed by atoms with Crippen molar-refractivity contribution in [2.75, 3.05) is 16.6 Å². The van der Waals surface area contributed by atoms with Crippen molar-refractivity contribution in [3.63, 3.8) is 0 Å². The van der Waals surface area contributed by atoms with E-state index in [-0.39, 0.29) is 75.3 Å². The van der Waals surface area contributed by atoms with Gasteiger partial charge in [-0.05, 0) is 208 Å². The molecule has 0 aliphatic rings. The van der Waals surface area contributed by atoms with E-state index in [1.807, 2.05) is 83.1 Å². The third-order valence-electron chi connectivity index (χ3n) is 4.10. The van der Waals surface area contributed by atoms with E-state index in [1.54, 1.807) is 125 Å². The molecule has 0 spiro atoms. The Morgan fingerprint density at radius 1 is 0.458 bits per heavy atom. The fraction of sp³-hybridized carbons (Fsp3) is 1.00. The first-order valence-corrected chi connectivity index (χ1v) is 32.0. The second kappa shape index (κ2) is 37.7. The van der Waals surface area contributed by atoms with Crippen LogP contribution < -0.4 is 56.3 Å². The van der Waals surface area contributed by atoms with Gasteiger partial charge in [0.15, 0.2) is 0 Å². The number of phosphoric acid groups is 3. The molecule has 3 N–H and O–H groups in total. The summed E-state index contributed by atoms with van der Waals surface area (Å²) in [4.78, 5) is 20.5. The second-order valence-corrected chi connectivity index (χ2v) is 33.7. The van der Waals surface area contributed by atoms with Gasteiger partial charge in [-0.3, -0.25) is 31.7 Å². The van der Waals surface area contributed by atoms with Crippen molar-refractivity contribution in [2.24, 2.45) is 0 Å². The topological polar surface area (TPSA) is 262 Å². The Kier molecular flexibility index (Phi) is 49.8. The fourth-order valence-electron chi connectivity index (χ4n) is 3.68. The first kappa shape index (κ1) is 94.9. The zero-order chi connectivity index (χ0) is 57.8. The van der Waals surface area contributed by atoms with Crippen molar-refractivity contribution in [1.29, 1.82) is 0 Å². The summed E-state index contributed by atoms with van der Waals surface area (Å²) in [6.07, 6.45) is 0. The van der Waals surface area contributed by atoms with Crippen molar-refractivity contribution in [3.8, 4) is 0 Å². The Morgan fingerprint density at radius 2 is 0.653 bits per heavy atom. The summed E-state index contributed by atoms with van der Waals surface area (Å²) in [5.41, 5.74) is -5.81. The number of halogens is 4. The largest absolute Gasteiger partial charge is 1.00 e. The van der Waals surface area contributed by atoms with Crippen LogP contribution in [-0.4, -0.2) is 83.0 Å². The first-order valence-electron chi connectivity index (χ1n) is 21.9. The van der Waals surface area contributed by atoms with Crippen LogP contribution in [0.4, 0.5) is 0 Å². The number of alkyl halides is 3. The molecular weight excluding hydrogens is 1250 g/mol. The Balaban J connectivity index is -0.0000000961. The first-order chi connectivity index (χ1) is 29.2. The van der Waals surface area contributed by atoms with E-state index < -0.39 is 95.3 Å². The number of hydrogen-bond donors (Lipinski definition) is 1. The molecule has 0 rings (SSSR count). The molecule has 0 amide bonds. The van der Waals surface area contributed by atoms with Crippen LogP contribution in [0.5, 0.6) is 0 Å². The molecule has 0 saturated carbocycles. The summed E-state index contributed by atoms with van der Waals surface area (Å²) in [5.74, 6) is 0. The molecule has 0 fully saturated rings. The van der Waals surface area contributed by atoms with Gasteiger partial charge in [-0.2, -0.15) is 0 Å². The average Bonchev–Trinajstić information content (AvgIpc) is 2.81. The number of rotatable bonds is 12. The van der Waals surface area contributed by atoms with Gasteiger partial charge in [0.2, 0.25) is 0 Å². The molecule has 0 aliphatic heterocycles. The summed E-state index contributed by atoms with van der Waals surface area (Å²) >= 11 is 12.4. The molecule has 72 heavy (non-hydrogen) atoms. The summed E-state index contributed by atoms with van der Waals surface area (Å²) in [6, 6.07) is -0.233. The Bertz CT molecular complexity index is 1420. The number of phosphoric ester groups is 3. The zero-order valence-electron chi connectivity index (χ0n) is 50.1. The van der Waals surface area contributed by atoms with Crippen molar-refractivity contribution < 1.29 is 139 Å². The molecule has 0 aliphatic carbocycles. The quantitative estimate of drug-likeness (QED) is 0.0824. The molecule has 0 radical (unpaired) electrons. The molecule has 0 aromatic carbocycles. The normalized spacial score (nSPS) is 13.4.